The van der Waals surface area contributed by atoms with Gasteiger partial charge in [-0.1, -0.05) is 55.8 Å². The Hall–Kier alpha value is -4.50. The van der Waals surface area contributed by atoms with E-state index in [1.807, 2.05) is 43.3 Å². The van der Waals surface area contributed by atoms with Gasteiger partial charge in [-0.05, 0) is 54.9 Å². The third-order valence-electron chi connectivity index (χ3n) is 7.77. The molecule has 1 aliphatic rings. The molecule has 1 aliphatic carbocycles. The second-order valence-electron chi connectivity index (χ2n) is 10.7. The lowest BCUT2D eigenvalue weighted by Gasteiger charge is -2.30. The van der Waals surface area contributed by atoms with E-state index in [2.05, 4.69) is 16.2 Å². The minimum absolute atomic E-state index is 0.150. The van der Waals surface area contributed by atoms with E-state index in [9.17, 15) is 28.0 Å². The molecule has 9 nitrogen and oxygen atoms in total. The molecule has 0 atom stereocenters. The van der Waals surface area contributed by atoms with Gasteiger partial charge in [-0.3, -0.25) is 9.36 Å². The van der Waals surface area contributed by atoms with Crippen LogP contribution in [0, 0.1) is 11.3 Å². The van der Waals surface area contributed by atoms with Crippen molar-refractivity contribution in [2.75, 3.05) is 6.61 Å². The van der Waals surface area contributed by atoms with Crippen LogP contribution in [0.5, 0.6) is 0 Å². The smallest absolute Gasteiger partial charge is 0.453 e. The number of fused-ring (bicyclic) bond motifs is 1. The van der Waals surface area contributed by atoms with E-state index in [-0.39, 0.29) is 18.3 Å². The molecule has 5 rings (SSSR count). The Bertz CT molecular complexity index is 1730. The van der Waals surface area contributed by atoms with Crippen LogP contribution in [-0.4, -0.2) is 43.0 Å². The van der Waals surface area contributed by atoms with Crippen molar-refractivity contribution in [2.45, 2.75) is 70.2 Å². The SMILES string of the molecule is CCCc1c(Cc2ccc(-c3ccccc3C#N)cc2)c(=O)n(C2CCC(OCC(=O)O)CC2)c2nc(C(F)(F)F)nn12. The van der Waals surface area contributed by atoms with Gasteiger partial charge in [-0.2, -0.15) is 23.4 Å². The number of aromatic nitrogens is 4. The Balaban J connectivity index is 1.56. The summed E-state index contributed by atoms with van der Waals surface area (Å²) in [6.45, 7) is 1.44. The molecular weight excluding hydrogens is 563 g/mol. The second kappa shape index (κ2) is 12.4. The van der Waals surface area contributed by atoms with E-state index in [0.29, 0.717) is 55.3 Å². The number of rotatable bonds is 9. The molecule has 0 aliphatic heterocycles. The molecule has 1 saturated carbocycles. The summed E-state index contributed by atoms with van der Waals surface area (Å²) in [6, 6.07) is 16.4. The molecule has 43 heavy (non-hydrogen) atoms. The predicted octanol–water partition coefficient (Wildman–Crippen LogP) is 5.58. The Labute approximate surface area is 245 Å². The summed E-state index contributed by atoms with van der Waals surface area (Å²) in [7, 11) is 0. The van der Waals surface area contributed by atoms with Crippen LogP contribution in [0.4, 0.5) is 13.2 Å². The van der Waals surface area contributed by atoms with E-state index in [1.165, 1.54) is 9.08 Å². The average molecular weight is 594 g/mol. The Kier molecular flexibility index (Phi) is 8.64. The van der Waals surface area contributed by atoms with Crippen molar-refractivity contribution in [3.8, 4) is 17.2 Å². The molecule has 0 unspecified atom stereocenters. The molecule has 0 radical (unpaired) electrons. The molecule has 0 amide bonds. The second-order valence-corrected chi connectivity index (χ2v) is 10.7. The molecule has 4 aromatic rings. The zero-order chi connectivity index (χ0) is 30.7. The van der Waals surface area contributed by atoms with Crippen molar-refractivity contribution in [3.05, 3.63) is 87.1 Å². The number of halogens is 3. The van der Waals surface area contributed by atoms with Gasteiger partial charge in [0.15, 0.2) is 0 Å². The van der Waals surface area contributed by atoms with Crippen LogP contribution >= 0.6 is 0 Å². The van der Waals surface area contributed by atoms with Crippen LogP contribution in [-0.2, 0) is 28.5 Å². The van der Waals surface area contributed by atoms with Gasteiger partial charge < -0.3 is 9.84 Å². The summed E-state index contributed by atoms with van der Waals surface area (Å²) >= 11 is 0. The third kappa shape index (κ3) is 6.32. The maximum absolute atomic E-state index is 14.2. The first kappa shape index (κ1) is 30.0. The quantitative estimate of drug-likeness (QED) is 0.269. The van der Waals surface area contributed by atoms with E-state index in [1.54, 1.807) is 12.1 Å². The molecule has 224 valence electrons. The number of carboxylic acids is 1. The standard InChI is InChI=1S/C31H30F3N5O4/c1-2-5-26-25(16-19-8-10-20(11-9-19)24-7-4-3-6-21(24)17-35)28(42)38(30-36-29(31(32,33)34)37-39(26)30)22-12-14-23(15-13-22)43-18-27(40)41/h3-4,6-11,22-23H,2,5,12-16,18H2,1H3,(H,40,41). The summed E-state index contributed by atoms with van der Waals surface area (Å²) in [4.78, 5) is 28.9. The molecule has 1 N–H and O–H groups in total. The van der Waals surface area contributed by atoms with E-state index >= 15 is 0 Å². The van der Waals surface area contributed by atoms with E-state index < -0.39 is 36.2 Å². The number of carbonyl (C=O) groups is 1. The average Bonchev–Trinajstić information content (AvgIpc) is 3.44. The fourth-order valence-corrected chi connectivity index (χ4v) is 5.75. The molecule has 0 saturated heterocycles. The van der Waals surface area contributed by atoms with Crippen molar-refractivity contribution in [3.63, 3.8) is 0 Å². The van der Waals surface area contributed by atoms with Gasteiger partial charge in [0.25, 0.3) is 11.4 Å². The highest BCUT2D eigenvalue weighted by Crippen LogP contribution is 2.33. The maximum Gasteiger partial charge on any atom is 0.453 e. The van der Waals surface area contributed by atoms with Crippen LogP contribution in [0.1, 0.15) is 73.3 Å². The van der Waals surface area contributed by atoms with Crippen LogP contribution < -0.4 is 5.56 Å². The molecule has 1 fully saturated rings. The summed E-state index contributed by atoms with van der Waals surface area (Å²) in [5.74, 6) is -2.54. The molecule has 2 heterocycles. The van der Waals surface area contributed by atoms with Crippen LogP contribution in [0.15, 0.2) is 53.3 Å². The zero-order valence-electron chi connectivity index (χ0n) is 23.5. The number of aliphatic carboxylic acids is 1. The van der Waals surface area contributed by atoms with Gasteiger partial charge in [0.2, 0.25) is 5.78 Å². The van der Waals surface area contributed by atoms with Gasteiger partial charge >= 0.3 is 12.1 Å². The molecule has 12 heteroatoms. The van der Waals surface area contributed by atoms with Crippen LogP contribution in [0.3, 0.4) is 0 Å². The van der Waals surface area contributed by atoms with Crippen molar-refractivity contribution >= 4 is 11.7 Å². The molecule has 2 aromatic carbocycles. The highest BCUT2D eigenvalue weighted by atomic mass is 19.4. The largest absolute Gasteiger partial charge is 0.480 e. The molecular formula is C31H30F3N5O4. The number of ether oxygens (including phenoxy) is 1. The lowest BCUT2D eigenvalue weighted by Crippen LogP contribution is -2.35. The summed E-state index contributed by atoms with van der Waals surface area (Å²) in [5.41, 5.74) is 3.24. The predicted molar refractivity (Wildman–Crippen MR) is 151 cm³/mol. The number of benzene rings is 2. The first-order chi connectivity index (χ1) is 20.6. The first-order valence-electron chi connectivity index (χ1n) is 14.1. The lowest BCUT2D eigenvalue weighted by molar-refractivity contribution is -0.145. The number of aryl methyl sites for hydroxylation is 1. The van der Waals surface area contributed by atoms with Crippen molar-refractivity contribution in [1.29, 1.82) is 5.26 Å². The van der Waals surface area contributed by atoms with Gasteiger partial charge in [0.05, 0.1) is 23.4 Å². The topological polar surface area (TPSA) is 123 Å². The minimum Gasteiger partial charge on any atom is -0.480 e. The normalized spacial score (nSPS) is 17.2. The van der Waals surface area contributed by atoms with E-state index in [0.717, 1.165) is 16.7 Å². The van der Waals surface area contributed by atoms with Crippen molar-refractivity contribution < 1.29 is 27.8 Å². The Morgan fingerprint density at radius 2 is 1.81 bits per heavy atom. The van der Waals surface area contributed by atoms with E-state index in [4.69, 9.17) is 9.84 Å². The van der Waals surface area contributed by atoms with Crippen LogP contribution in [0.25, 0.3) is 16.9 Å². The van der Waals surface area contributed by atoms with Gasteiger partial charge in [0, 0.05) is 18.0 Å². The Morgan fingerprint density at radius 1 is 1.12 bits per heavy atom. The highest BCUT2D eigenvalue weighted by Gasteiger charge is 2.38. The van der Waals surface area contributed by atoms with Gasteiger partial charge in [-0.15, -0.1) is 5.10 Å². The zero-order valence-corrected chi connectivity index (χ0v) is 23.5. The van der Waals surface area contributed by atoms with Crippen molar-refractivity contribution in [2.24, 2.45) is 0 Å². The molecule has 0 spiro atoms. The minimum atomic E-state index is -4.80. The number of carboxylic acid groups (broad SMARTS) is 1. The maximum atomic E-state index is 14.2. The fraction of sp³-hybridized carbons (Fsp3) is 0.387. The van der Waals surface area contributed by atoms with Crippen LogP contribution in [0.2, 0.25) is 0 Å². The number of nitriles is 1. The first-order valence-corrected chi connectivity index (χ1v) is 14.1. The monoisotopic (exact) mass is 593 g/mol. The highest BCUT2D eigenvalue weighted by molar-refractivity contribution is 5.70. The van der Waals surface area contributed by atoms with Crippen molar-refractivity contribution in [1.82, 2.24) is 19.2 Å². The number of hydrogen-bond donors (Lipinski definition) is 1. The van der Waals surface area contributed by atoms with Gasteiger partial charge in [-0.25, -0.2) is 9.31 Å². The molecule has 0 bridgehead atoms. The van der Waals surface area contributed by atoms with Gasteiger partial charge in [0.1, 0.15) is 6.61 Å². The number of hydrogen-bond acceptors (Lipinski definition) is 6. The number of nitrogens with zero attached hydrogens (tertiary/aromatic N) is 5. The fourth-order valence-electron chi connectivity index (χ4n) is 5.75. The lowest BCUT2D eigenvalue weighted by atomic mass is 9.92. The summed E-state index contributed by atoms with van der Waals surface area (Å²) < 4.78 is 49.3. The summed E-state index contributed by atoms with van der Waals surface area (Å²) in [6.07, 6.45) is -2.32. The Morgan fingerprint density at radius 3 is 2.44 bits per heavy atom. The molecule has 2 aromatic heterocycles. The summed E-state index contributed by atoms with van der Waals surface area (Å²) in [5, 5.41) is 22.2. The number of alkyl halides is 3. The third-order valence-corrected chi connectivity index (χ3v) is 7.77.